The highest BCUT2D eigenvalue weighted by atomic mass is 35.5. The van der Waals surface area contributed by atoms with Gasteiger partial charge in [0, 0.05) is 24.6 Å². The van der Waals surface area contributed by atoms with Gasteiger partial charge in [-0.05, 0) is 48.4 Å². The number of benzene rings is 3. The van der Waals surface area contributed by atoms with Crippen LogP contribution in [0.15, 0.2) is 91.3 Å². The van der Waals surface area contributed by atoms with E-state index in [-0.39, 0.29) is 12.5 Å². The van der Waals surface area contributed by atoms with Crippen LogP contribution in [-0.2, 0) is 16.1 Å². The number of halogens is 1. The molecule has 1 heterocycles. The van der Waals surface area contributed by atoms with E-state index in [4.69, 9.17) is 16.3 Å². The maximum absolute atomic E-state index is 12.9. The molecule has 1 aromatic heterocycles. The van der Waals surface area contributed by atoms with Crippen molar-refractivity contribution in [2.45, 2.75) is 13.5 Å². The van der Waals surface area contributed by atoms with Crippen molar-refractivity contribution in [1.29, 1.82) is 0 Å². The number of hydrogen-bond acceptors (Lipinski definition) is 4. The summed E-state index contributed by atoms with van der Waals surface area (Å²) in [6, 6.07) is 24.0. The third-order valence-electron chi connectivity index (χ3n) is 5.22. The molecule has 0 atom stereocenters. The number of carbonyl (C=O) groups excluding carboxylic acids is 2. The van der Waals surface area contributed by atoms with Gasteiger partial charge in [-0.2, -0.15) is 0 Å². The fraction of sp³-hybridized carbons (Fsp3) is 0.107. The summed E-state index contributed by atoms with van der Waals surface area (Å²) >= 11 is 6.15. The van der Waals surface area contributed by atoms with Crippen LogP contribution in [0, 0.1) is 0 Å². The van der Waals surface area contributed by atoms with Gasteiger partial charge in [-0.15, -0.1) is 0 Å². The average molecular weight is 486 g/mol. The maximum atomic E-state index is 12.9. The number of aromatic nitrogens is 2. The molecule has 0 radical (unpaired) electrons. The van der Waals surface area contributed by atoms with Crippen molar-refractivity contribution in [3.8, 4) is 0 Å². The zero-order valence-corrected chi connectivity index (χ0v) is 19.9. The van der Waals surface area contributed by atoms with Gasteiger partial charge in [0.25, 0.3) is 5.91 Å². The van der Waals surface area contributed by atoms with E-state index in [9.17, 15) is 9.59 Å². The highest BCUT2D eigenvalue weighted by Gasteiger charge is 2.19. The van der Waals surface area contributed by atoms with E-state index in [1.165, 1.54) is 0 Å². The quantitative estimate of drug-likeness (QED) is 0.247. The van der Waals surface area contributed by atoms with Gasteiger partial charge in [-0.1, -0.05) is 66.2 Å². The van der Waals surface area contributed by atoms with Crippen LogP contribution in [0.4, 0.5) is 5.69 Å². The fourth-order valence-corrected chi connectivity index (χ4v) is 3.82. The Morgan fingerprint density at radius 2 is 1.80 bits per heavy atom. The number of carbonyl (C=O) groups is 2. The minimum Gasteiger partial charge on any atom is -0.462 e. The molecule has 0 unspecified atom stereocenters. The molecule has 0 fully saturated rings. The monoisotopic (exact) mass is 485 g/mol. The predicted molar refractivity (Wildman–Crippen MR) is 138 cm³/mol. The molecule has 0 aliphatic heterocycles. The van der Waals surface area contributed by atoms with Crippen LogP contribution in [-0.4, -0.2) is 28.0 Å². The summed E-state index contributed by atoms with van der Waals surface area (Å²) in [4.78, 5) is 30.0. The molecule has 3 aromatic carbocycles. The van der Waals surface area contributed by atoms with Crippen LogP contribution in [0.2, 0.25) is 5.02 Å². The number of rotatable bonds is 8. The second kappa shape index (κ2) is 11.3. The molecule has 1 amide bonds. The number of hydrogen-bond donors (Lipinski definition) is 1. The van der Waals surface area contributed by atoms with Gasteiger partial charge in [-0.25, -0.2) is 9.78 Å². The van der Waals surface area contributed by atoms with E-state index in [1.807, 2.05) is 47.2 Å². The van der Waals surface area contributed by atoms with Gasteiger partial charge < -0.3 is 14.6 Å². The molecule has 0 saturated heterocycles. The summed E-state index contributed by atoms with van der Waals surface area (Å²) in [6.45, 7) is 2.56. The van der Waals surface area contributed by atoms with Crippen LogP contribution in [0.3, 0.4) is 0 Å². The Kier molecular flexibility index (Phi) is 7.75. The summed E-state index contributed by atoms with van der Waals surface area (Å²) < 4.78 is 7.23. The molecular weight excluding hydrogens is 462 g/mol. The molecule has 6 nitrogen and oxygen atoms in total. The van der Waals surface area contributed by atoms with E-state index in [1.54, 1.807) is 61.7 Å². The Balaban J connectivity index is 1.65. The molecule has 4 rings (SSSR count). The SMILES string of the molecule is CCOC(=O)C(=Cc1cccc(NC(=O)c2ccccc2Cl)c1)c1nccn1Cc1ccccc1. The molecule has 176 valence electrons. The van der Waals surface area contributed by atoms with E-state index in [0.717, 1.165) is 5.56 Å². The second-order valence-electron chi connectivity index (χ2n) is 7.70. The number of anilines is 1. The third kappa shape index (κ3) is 6.05. The highest BCUT2D eigenvalue weighted by Crippen LogP contribution is 2.23. The molecule has 0 aliphatic carbocycles. The summed E-state index contributed by atoms with van der Waals surface area (Å²) in [5.74, 6) is -0.294. The van der Waals surface area contributed by atoms with Gasteiger partial charge in [0.1, 0.15) is 11.4 Å². The first-order valence-corrected chi connectivity index (χ1v) is 11.5. The number of nitrogens with zero attached hydrogens (tertiary/aromatic N) is 2. The van der Waals surface area contributed by atoms with Gasteiger partial charge >= 0.3 is 5.97 Å². The zero-order chi connectivity index (χ0) is 24.6. The Morgan fingerprint density at radius 3 is 2.57 bits per heavy atom. The molecular formula is C28H24ClN3O3. The van der Waals surface area contributed by atoms with Gasteiger partial charge in [-0.3, -0.25) is 4.79 Å². The smallest absolute Gasteiger partial charge is 0.341 e. The molecule has 35 heavy (non-hydrogen) atoms. The van der Waals surface area contributed by atoms with Crippen molar-refractivity contribution in [2.24, 2.45) is 0 Å². The topological polar surface area (TPSA) is 73.2 Å². The molecule has 7 heteroatoms. The molecule has 4 aromatic rings. The van der Waals surface area contributed by atoms with Crippen molar-refractivity contribution in [3.63, 3.8) is 0 Å². The first-order valence-electron chi connectivity index (χ1n) is 11.2. The summed E-state index contributed by atoms with van der Waals surface area (Å²) in [6.07, 6.45) is 5.20. The Hall–Kier alpha value is -4.16. The number of ether oxygens (including phenoxy) is 1. The van der Waals surface area contributed by atoms with Crippen molar-refractivity contribution in [3.05, 3.63) is 119 Å². The highest BCUT2D eigenvalue weighted by molar-refractivity contribution is 6.34. The lowest BCUT2D eigenvalue weighted by molar-refractivity contribution is -0.136. The van der Waals surface area contributed by atoms with Crippen molar-refractivity contribution < 1.29 is 14.3 Å². The predicted octanol–water partition coefficient (Wildman–Crippen LogP) is 5.94. The molecule has 0 saturated carbocycles. The lowest BCUT2D eigenvalue weighted by Gasteiger charge is -2.12. The largest absolute Gasteiger partial charge is 0.462 e. The standard InChI is InChI=1S/C28H24ClN3O3/c1-2-35-28(34)24(26-30-15-16-32(26)19-20-9-4-3-5-10-20)18-21-11-8-12-22(17-21)31-27(33)23-13-6-7-14-25(23)29/h3-18H,2,19H2,1H3,(H,31,33). The zero-order valence-electron chi connectivity index (χ0n) is 19.1. The van der Waals surface area contributed by atoms with Crippen molar-refractivity contribution in [2.75, 3.05) is 11.9 Å². The number of imidazole rings is 1. The molecule has 1 N–H and O–H groups in total. The Bertz CT molecular complexity index is 1360. The lowest BCUT2D eigenvalue weighted by atomic mass is 10.1. The maximum Gasteiger partial charge on any atom is 0.341 e. The molecule has 0 bridgehead atoms. The third-order valence-corrected chi connectivity index (χ3v) is 5.55. The average Bonchev–Trinajstić information content (AvgIpc) is 3.31. The van der Waals surface area contributed by atoms with E-state index in [0.29, 0.717) is 39.8 Å². The summed E-state index contributed by atoms with van der Waals surface area (Å²) in [5.41, 5.74) is 3.06. The summed E-state index contributed by atoms with van der Waals surface area (Å²) in [7, 11) is 0. The minimum atomic E-state index is -0.474. The Labute approximate surface area is 208 Å². The van der Waals surface area contributed by atoms with Crippen LogP contribution in [0.5, 0.6) is 0 Å². The normalized spacial score (nSPS) is 11.2. The number of esters is 1. The van der Waals surface area contributed by atoms with Crippen LogP contribution in [0.1, 0.15) is 34.2 Å². The van der Waals surface area contributed by atoms with E-state index < -0.39 is 5.97 Å². The van der Waals surface area contributed by atoms with Gasteiger partial charge in [0.05, 0.1) is 17.2 Å². The molecule has 0 spiro atoms. The second-order valence-corrected chi connectivity index (χ2v) is 8.11. The van der Waals surface area contributed by atoms with Gasteiger partial charge in [0.15, 0.2) is 0 Å². The van der Waals surface area contributed by atoms with Crippen LogP contribution >= 0.6 is 11.6 Å². The first kappa shape index (κ1) is 24.0. The number of nitrogens with one attached hydrogen (secondary N) is 1. The van der Waals surface area contributed by atoms with Crippen molar-refractivity contribution in [1.82, 2.24) is 9.55 Å². The number of amides is 1. The minimum absolute atomic E-state index is 0.240. The van der Waals surface area contributed by atoms with Crippen LogP contribution in [0.25, 0.3) is 11.6 Å². The molecule has 0 aliphatic rings. The Morgan fingerprint density at radius 1 is 1.03 bits per heavy atom. The lowest BCUT2D eigenvalue weighted by Crippen LogP contribution is -2.13. The first-order chi connectivity index (χ1) is 17.0. The van der Waals surface area contributed by atoms with Gasteiger partial charge in [0.2, 0.25) is 0 Å². The van der Waals surface area contributed by atoms with E-state index in [2.05, 4.69) is 10.3 Å². The fourth-order valence-electron chi connectivity index (χ4n) is 3.60. The van der Waals surface area contributed by atoms with E-state index >= 15 is 0 Å². The van der Waals surface area contributed by atoms with Crippen LogP contribution < -0.4 is 5.32 Å². The summed E-state index contributed by atoms with van der Waals surface area (Å²) in [5, 5.41) is 3.23. The van der Waals surface area contributed by atoms with Crippen molar-refractivity contribution >= 4 is 40.8 Å².